The summed E-state index contributed by atoms with van der Waals surface area (Å²) in [5.74, 6) is 2.01. The molecule has 2 aromatic rings. The Balaban J connectivity index is 1.39. The van der Waals surface area contributed by atoms with Crippen molar-refractivity contribution in [1.82, 2.24) is 15.6 Å². The summed E-state index contributed by atoms with van der Waals surface area (Å²) in [6.07, 6.45) is 1.75. The average molecular weight is 325 g/mol. The minimum atomic E-state index is -0.431. The monoisotopic (exact) mass is 325 g/mol. The van der Waals surface area contributed by atoms with Gasteiger partial charge in [-0.3, -0.25) is 4.79 Å². The van der Waals surface area contributed by atoms with E-state index in [0.29, 0.717) is 24.3 Å². The molecule has 1 unspecified atom stereocenters. The largest absolute Gasteiger partial charge is 0.475 e. The molecular formula is C19H23N3O2. The number of piperidine rings is 1. The predicted octanol–water partition coefficient (Wildman–Crippen LogP) is 1.97. The van der Waals surface area contributed by atoms with Crippen molar-refractivity contribution in [3.8, 4) is 5.88 Å². The Bertz CT molecular complexity index is 759. The zero-order chi connectivity index (χ0) is 16.7. The van der Waals surface area contributed by atoms with E-state index in [1.165, 1.54) is 0 Å². The molecule has 1 aliphatic carbocycles. The second-order valence-corrected chi connectivity index (χ2v) is 7.51. The molecule has 5 heteroatoms. The zero-order valence-electron chi connectivity index (χ0n) is 14.1. The first-order valence-electron chi connectivity index (χ1n) is 8.54. The summed E-state index contributed by atoms with van der Waals surface area (Å²) in [6.45, 7) is 6.32. The van der Waals surface area contributed by atoms with Crippen LogP contribution in [0.2, 0.25) is 0 Å². The lowest BCUT2D eigenvalue weighted by Crippen LogP contribution is -2.49. The summed E-state index contributed by atoms with van der Waals surface area (Å²) < 4.78 is 5.94. The first-order chi connectivity index (χ1) is 11.6. The number of benzene rings is 1. The zero-order valence-corrected chi connectivity index (χ0v) is 14.1. The summed E-state index contributed by atoms with van der Waals surface area (Å²) >= 11 is 0. The van der Waals surface area contributed by atoms with Crippen LogP contribution in [0.1, 0.15) is 13.8 Å². The number of amides is 1. The summed E-state index contributed by atoms with van der Waals surface area (Å²) in [5.41, 5.74) is -0.431. The molecule has 1 amide bonds. The maximum Gasteiger partial charge on any atom is 0.224 e. The molecule has 1 saturated heterocycles. The smallest absolute Gasteiger partial charge is 0.224 e. The first kappa shape index (κ1) is 15.4. The molecule has 3 atom stereocenters. The molecule has 5 nitrogen and oxygen atoms in total. The van der Waals surface area contributed by atoms with E-state index in [0.717, 1.165) is 23.9 Å². The molecule has 0 spiro atoms. The van der Waals surface area contributed by atoms with Crippen LogP contribution >= 0.6 is 0 Å². The van der Waals surface area contributed by atoms with Crippen LogP contribution in [0.15, 0.2) is 36.5 Å². The van der Waals surface area contributed by atoms with E-state index in [-0.39, 0.29) is 11.8 Å². The Morgan fingerprint density at radius 3 is 2.83 bits per heavy atom. The minimum absolute atomic E-state index is 0.158. The van der Waals surface area contributed by atoms with Gasteiger partial charge in [-0.15, -0.1) is 0 Å². The molecule has 2 aliphatic rings. The summed E-state index contributed by atoms with van der Waals surface area (Å²) in [4.78, 5) is 16.8. The van der Waals surface area contributed by atoms with E-state index in [4.69, 9.17) is 4.74 Å². The van der Waals surface area contributed by atoms with Gasteiger partial charge in [0.1, 0.15) is 6.61 Å². The molecule has 2 N–H and O–H groups in total. The van der Waals surface area contributed by atoms with Crippen molar-refractivity contribution >= 4 is 16.7 Å². The summed E-state index contributed by atoms with van der Waals surface area (Å²) in [7, 11) is 0. The van der Waals surface area contributed by atoms with Gasteiger partial charge < -0.3 is 15.4 Å². The minimum Gasteiger partial charge on any atom is -0.475 e. The Morgan fingerprint density at radius 1 is 1.29 bits per heavy atom. The third kappa shape index (κ3) is 2.84. The lowest BCUT2D eigenvalue weighted by molar-refractivity contribution is -0.125. The summed E-state index contributed by atoms with van der Waals surface area (Å²) in [6, 6.07) is 9.98. The lowest BCUT2D eigenvalue weighted by atomic mass is 10.1. The van der Waals surface area contributed by atoms with E-state index < -0.39 is 5.54 Å². The number of hydrogen-bond acceptors (Lipinski definition) is 4. The molecule has 2 heterocycles. The Morgan fingerprint density at radius 2 is 2.04 bits per heavy atom. The van der Waals surface area contributed by atoms with Crippen molar-refractivity contribution in [3.05, 3.63) is 36.5 Å². The molecule has 2 fully saturated rings. The van der Waals surface area contributed by atoms with Gasteiger partial charge in [0, 0.05) is 17.5 Å². The van der Waals surface area contributed by atoms with Gasteiger partial charge in [-0.25, -0.2) is 4.98 Å². The number of fused-ring (bicyclic) bond motifs is 2. The molecule has 1 aliphatic heterocycles. The fraction of sp³-hybridized carbons (Fsp3) is 0.474. The van der Waals surface area contributed by atoms with Gasteiger partial charge in [-0.2, -0.15) is 0 Å². The number of carbonyl (C=O) groups is 1. The van der Waals surface area contributed by atoms with Crippen molar-refractivity contribution < 1.29 is 9.53 Å². The number of nitrogens with zero attached hydrogens (tertiary/aromatic N) is 1. The van der Waals surface area contributed by atoms with Crippen molar-refractivity contribution in [2.75, 3.05) is 19.7 Å². The van der Waals surface area contributed by atoms with Gasteiger partial charge in [-0.05, 0) is 56.3 Å². The molecule has 1 saturated carbocycles. The van der Waals surface area contributed by atoms with Crippen LogP contribution in [-0.4, -0.2) is 36.1 Å². The van der Waals surface area contributed by atoms with Crippen LogP contribution in [0.3, 0.4) is 0 Å². The predicted molar refractivity (Wildman–Crippen MR) is 92.8 cm³/mol. The maximum absolute atomic E-state index is 12.4. The highest BCUT2D eigenvalue weighted by molar-refractivity contribution is 5.86. The van der Waals surface area contributed by atoms with Crippen LogP contribution in [0.5, 0.6) is 5.88 Å². The van der Waals surface area contributed by atoms with Gasteiger partial charge in [0.25, 0.3) is 0 Å². The fourth-order valence-corrected chi connectivity index (χ4v) is 3.72. The van der Waals surface area contributed by atoms with Crippen LogP contribution in [0.25, 0.3) is 10.8 Å². The van der Waals surface area contributed by atoms with Crippen LogP contribution in [0.4, 0.5) is 0 Å². The molecule has 126 valence electrons. The highest BCUT2D eigenvalue weighted by Crippen LogP contribution is 2.48. The van der Waals surface area contributed by atoms with E-state index in [9.17, 15) is 4.79 Å². The van der Waals surface area contributed by atoms with Gasteiger partial charge in [0.2, 0.25) is 11.8 Å². The first-order valence-corrected chi connectivity index (χ1v) is 8.54. The molecular weight excluding hydrogens is 302 g/mol. The maximum atomic E-state index is 12.4. The standard InChI is InChI=1S/C19H23N3O2/c1-19(2,22-17(23)16-14-9-20-10-15(14)16)11-24-18-13-6-4-3-5-12(13)7-8-21-18/h3-8,14-16,20H,9-11H2,1-2H3,(H,22,23)/t14-,15?,16+/m1/s1. The molecule has 0 bridgehead atoms. The highest BCUT2D eigenvalue weighted by Gasteiger charge is 2.57. The highest BCUT2D eigenvalue weighted by atomic mass is 16.5. The number of carbonyl (C=O) groups excluding carboxylic acids is 1. The topological polar surface area (TPSA) is 63.2 Å². The van der Waals surface area contributed by atoms with Gasteiger partial charge in [0.15, 0.2) is 0 Å². The number of rotatable bonds is 5. The van der Waals surface area contributed by atoms with Crippen LogP contribution in [0, 0.1) is 17.8 Å². The van der Waals surface area contributed by atoms with E-state index in [2.05, 4.69) is 15.6 Å². The Hall–Kier alpha value is -2.14. The number of aromatic nitrogens is 1. The fourth-order valence-electron chi connectivity index (χ4n) is 3.72. The van der Waals surface area contributed by atoms with E-state index in [1.54, 1.807) is 6.20 Å². The van der Waals surface area contributed by atoms with E-state index >= 15 is 0 Å². The Labute approximate surface area is 141 Å². The van der Waals surface area contributed by atoms with Gasteiger partial charge in [-0.1, -0.05) is 18.2 Å². The molecule has 1 aromatic heterocycles. The third-order valence-electron chi connectivity index (χ3n) is 5.06. The number of ether oxygens (including phenoxy) is 1. The number of hydrogen-bond donors (Lipinski definition) is 2. The normalized spacial score (nSPS) is 25.3. The third-order valence-corrected chi connectivity index (χ3v) is 5.06. The average Bonchev–Trinajstić information content (AvgIpc) is 3.06. The lowest BCUT2D eigenvalue weighted by Gasteiger charge is -2.26. The van der Waals surface area contributed by atoms with Crippen LogP contribution in [-0.2, 0) is 4.79 Å². The second-order valence-electron chi connectivity index (χ2n) is 7.51. The summed E-state index contributed by atoms with van der Waals surface area (Å²) in [5, 5.41) is 8.56. The van der Waals surface area contributed by atoms with Gasteiger partial charge in [0.05, 0.1) is 5.54 Å². The molecule has 1 aromatic carbocycles. The molecule has 4 rings (SSSR count). The quantitative estimate of drug-likeness (QED) is 0.882. The molecule has 0 radical (unpaired) electrons. The van der Waals surface area contributed by atoms with Crippen molar-refractivity contribution in [3.63, 3.8) is 0 Å². The number of nitrogens with one attached hydrogen (secondary N) is 2. The SMILES string of the molecule is CC(C)(COc1nccc2ccccc12)NC(=O)[C@@H]1C2CNC[C@H]21. The van der Waals surface area contributed by atoms with Crippen molar-refractivity contribution in [1.29, 1.82) is 0 Å². The Kier molecular flexibility index (Phi) is 3.68. The van der Waals surface area contributed by atoms with E-state index in [1.807, 2.05) is 44.2 Å². The number of pyridine rings is 1. The van der Waals surface area contributed by atoms with Crippen molar-refractivity contribution in [2.45, 2.75) is 19.4 Å². The van der Waals surface area contributed by atoms with Gasteiger partial charge >= 0.3 is 0 Å². The van der Waals surface area contributed by atoms with Crippen LogP contribution < -0.4 is 15.4 Å². The molecule has 24 heavy (non-hydrogen) atoms. The second kappa shape index (κ2) is 5.74. The van der Waals surface area contributed by atoms with Crippen molar-refractivity contribution in [2.24, 2.45) is 17.8 Å².